The van der Waals surface area contributed by atoms with E-state index in [0.29, 0.717) is 0 Å². The summed E-state index contributed by atoms with van der Waals surface area (Å²) in [6.07, 6.45) is 0. The zero-order valence-corrected chi connectivity index (χ0v) is 12.6. The molecule has 1 spiro atoms. The van der Waals surface area contributed by atoms with Gasteiger partial charge in [0.2, 0.25) is 0 Å². The van der Waals surface area contributed by atoms with Gasteiger partial charge in [0.05, 0.1) is 13.2 Å². The van der Waals surface area contributed by atoms with Crippen molar-refractivity contribution in [3.63, 3.8) is 0 Å². The number of rotatable bonds is 1. The monoisotopic (exact) mass is 292 g/mol. The molecule has 2 fully saturated rings. The predicted molar refractivity (Wildman–Crippen MR) is 82.3 cm³/mol. The van der Waals surface area contributed by atoms with Crippen molar-refractivity contribution in [1.82, 2.24) is 0 Å². The summed E-state index contributed by atoms with van der Waals surface area (Å²) in [4.78, 5) is 4.72. The maximum atomic E-state index is 11.6. The number of nitrogens with zero attached hydrogens (tertiary/aromatic N) is 2. The number of likely N-dealkylation sites (N-methyl/N-ethyl adjacent to an activating group) is 1. The molecule has 5 heteroatoms. The van der Waals surface area contributed by atoms with Gasteiger partial charge in [-0.25, -0.2) is 0 Å². The second-order valence-corrected chi connectivity index (χ2v) is 7.62. The van der Waals surface area contributed by atoms with Crippen LogP contribution in [0, 0.1) is 0 Å². The molecule has 0 N–H and O–H groups in total. The Kier molecular flexibility index (Phi) is 2.82. The number of ether oxygens (including phenoxy) is 1. The van der Waals surface area contributed by atoms with Gasteiger partial charge < -0.3 is 14.5 Å². The lowest BCUT2D eigenvalue weighted by Gasteiger charge is -2.37. The first-order valence-electron chi connectivity index (χ1n) is 7.21. The van der Waals surface area contributed by atoms with E-state index in [-0.39, 0.29) is 5.41 Å². The third-order valence-corrected chi connectivity index (χ3v) is 6.50. The van der Waals surface area contributed by atoms with Crippen LogP contribution in [0.2, 0.25) is 0 Å². The molecule has 4 nitrogen and oxygen atoms in total. The van der Waals surface area contributed by atoms with Crippen molar-refractivity contribution < 1.29 is 8.95 Å². The average Bonchev–Trinajstić information content (AvgIpc) is 2.73. The van der Waals surface area contributed by atoms with Gasteiger partial charge in [0, 0.05) is 65.8 Å². The Morgan fingerprint density at radius 1 is 1.25 bits per heavy atom. The summed E-state index contributed by atoms with van der Waals surface area (Å²) < 4.78 is 17.0. The molecule has 0 saturated carbocycles. The van der Waals surface area contributed by atoms with Crippen molar-refractivity contribution in [2.45, 2.75) is 5.41 Å². The SMILES string of the molecule is CN1CC2(CS(=O)C2)c2ccc(N3CCOCC3)cc21. The topological polar surface area (TPSA) is 32.8 Å². The van der Waals surface area contributed by atoms with E-state index in [1.54, 1.807) is 0 Å². The van der Waals surface area contributed by atoms with E-state index in [1.807, 2.05) is 0 Å². The lowest BCUT2D eigenvalue weighted by Crippen LogP contribution is -2.51. The van der Waals surface area contributed by atoms with Crippen LogP contribution in [0.5, 0.6) is 0 Å². The highest BCUT2D eigenvalue weighted by Crippen LogP contribution is 2.47. The molecule has 0 atom stereocenters. The zero-order valence-electron chi connectivity index (χ0n) is 11.8. The first-order valence-corrected chi connectivity index (χ1v) is 8.70. The summed E-state index contributed by atoms with van der Waals surface area (Å²) in [7, 11) is 1.54. The van der Waals surface area contributed by atoms with E-state index in [1.165, 1.54) is 16.9 Å². The quantitative estimate of drug-likeness (QED) is 0.772. The largest absolute Gasteiger partial charge is 0.378 e. The molecule has 0 unspecified atom stereocenters. The normalized spacial score (nSPS) is 32.4. The summed E-state index contributed by atoms with van der Waals surface area (Å²) in [6, 6.07) is 6.79. The van der Waals surface area contributed by atoms with E-state index in [2.05, 4.69) is 35.0 Å². The number of anilines is 2. The number of fused-ring (bicyclic) bond motifs is 2. The van der Waals surface area contributed by atoms with E-state index in [0.717, 1.165) is 44.4 Å². The van der Waals surface area contributed by atoms with Crippen molar-refractivity contribution in [1.29, 1.82) is 0 Å². The van der Waals surface area contributed by atoms with Crippen LogP contribution in [0.4, 0.5) is 11.4 Å². The molecule has 1 aromatic carbocycles. The summed E-state index contributed by atoms with van der Waals surface area (Å²) in [5.41, 5.74) is 4.18. The van der Waals surface area contributed by atoms with E-state index >= 15 is 0 Å². The van der Waals surface area contributed by atoms with Crippen molar-refractivity contribution in [3.8, 4) is 0 Å². The van der Waals surface area contributed by atoms with Gasteiger partial charge in [0.25, 0.3) is 0 Å². The summed E-state index contributed by atoms with van der Waals surface area (Å²) in [5, 5.41) is 0. The zero-order chi connectivity index (χ0) is 13.7. The molecule has 0 radical (unpaired) electrons. The van der Waals surface area contributed by atoms with Gasteiger partial charge in [0.1, 0.15) is 0 Å². The standard InChI is InChI=1S/C15H20N2O2S/c1-16-9-15(10-20(18)11-15)13-3-2-12(8-14(13)16)17-4-6-19-7-5-17/h2-3,8H,4-7,9-11H2,1H3. The van der Waals surface area contributed by atoms with Crippen LogP contribution in [0.25, 0.3) is 0 Å². The number of hydrogen-bond donors (Lipinski definition) is 0. The Balaban J connectivity index is 1.67. The summed E-state index contributed by atoms with van der Waals surface area (Å²) in [6.45, 7) is 4.58. The van der Waals surface area contributed by atoms with Crippen LogP contribution in [0.3, 0.4) is 0 Å². The van der Waals surface area contributed by atoms with Gasteiger partial charge in [-0.2, -0.15) is 0 Å². The molecule has 0 amide bonds. The Bertz CT molecular complexity index is 561. The van der Waals surface area contributed by atoms with Crippen LogP contribution in [-0.4, -0.2) is 55.6 Å². The Labute approximate surface area is 122 Å². The van der Waals surface area contributed by atoms with Crippen LogP contribution in [0.1, 0.15) is 5.56 Å². The third-order valence-electron chi connectivity index (χ3n) is 4.75. The smallest absolute Gasteiger partial charge is 0.0642 e. The molecule has 3 aliphatic heterocycles. The maximum absolute atomic E-state index is 11.6. The minimum atomic E-state index is -0.607. The molecule has 0 aliphatic carbocycles. The number of morpholine rings is 1. The Morgan fingerprint density at radius 2 is 2.00 bits per heavy atom. The first kappa shape index (κ1) is 12.7. The van der Waals surface area contributed by atoms with E-state index < -0.39 is 10.8 Å². The van der Waals surface area contributed by atoms with Crippen LogP contribution >= 0.6 is 0 Å². The third kappa shape index (κ3) is 1.79. The van der Waals surface area contributed by atoms with Crippen molar-refractivity contribution in [2.24, 2.45) is 0 Å². The highest BCUT2D eigenvalue weighted by molar-refractivity contribution is 7.86. The molecular weight excluding hydrogens is 272 g/mol. The fourth-order valence-corrected chi connectivity index (χ4v) is 5.39. The lowest BCUT2D eigenvalue weighted by molar-refractivity contribution is 0.122. The molecule has 3 aliphatic rings. The molecule has 0 aromatic heterocycles. The molecule has 1 aromatic rings. The van der Waals surface area contributed by atoms with E-state index in [4.69, 9.17) is 4.74 Å². The van der Waals surface area contributed by atoms with Crippen molar-refractivity contribution in [3.05, 3.63) is 23.8 Å². The second-order valence-electron chi connectivity index (χ2n) is 6.17. The fraction of sp³-hybridized carbons (Fsp3) is 0.600. The molecule has 4 rings (SSSR count). The molecule has 20 heavy (non-hydrogen) atoms. The maximum Gasteiger partial charge on any atom is 0.0642 e. The van der Waals surface area contributed by atoms with Crippen LogP contribution in [-0.2, 0) is 21.0 Å². The van der Waals surface area contributed by atoms with Gasteiger partial charge in [-0.3, -0.25) is 4.21 Å². The molecular formula is C15H20N2O2S. The summed E-state index contributed by atoms with van der Waals surface area (Å²) in [5.74, 6) is 1.67. The van der Waals surface area contributed by atoms with E-state index in [9.17, 15) is 4.21 Å². The van der Waals surface area contributed by atoms with Gasteiger partial charge in [0.15, 0.2) is 0 Å². The summed E-state index contributed by atoms with van der Waals surface area (Å²) >= 11 is 0. The van der Waals surface area contributed by atoms with Gasteiger partial charge in [-0.15, -0.1) is 0 Å². The fourth-order valence-electron chi connectivity index (χ4n) is 3.75. The van der Waals surface area contributed by atoms with Crippen LogP contribution < -0.4 is 9.80 Å². The average molecular weight is 292 g/mol. The second kappa shape index (κ2) is 4.46. The minimum Gasteiger partial charge on any atom is -0.378 e. The Hall–Kier alpha value is -1.07. The number of hydrogen-bond acceptors (Lipinski definition) is 4. The predicted octanol–water partition coefficient (Wildman–Crippen LogP) is 0.973. The molecule has 2 saturated heterocycles. The van der Waals surface area contributed by atoms with Gasteiger partial charge in [-0.1, -0.05) is 6.07 Å². The van der Waals surface area contributed by atoms with Crippen molar-refractivity contribution in [2.75, 3.05) is 61.2 Å². The van der Waals surface area contributed by atoms with Gasteiger partial charge >= 0.3 is 0 Å². The van der Waals surface area contributed by atoms with Crippen LogP contribution in [0.15, 0.2) is 18.2 Å². The molecule has 0 bridgehead atoms. The highest BCUT2D eigenvalue weighted by atomic mass is 32.2. The highest BCUT2D eigenvalue weighted by Gasteiger charge is 2.50. The van der Waals surface area contributed by atoms with Crippen molar-refractivity contribution >= 4 is 22.2 Å². The Morgan fingerprint density at radius 3 is 2.70 bits per heavy atom. The van der Waals surface area contributed by atoms with Gasteiger partial charge in [-0.05, 0) is 17.7 Å². The first-order chi connectivity index (χ1) is 9.68. The lowest BCUT2D eigenvalue weighted by atomic mass is 9.85. The minimum absolute atomic E-state index is 0.165. The number of benzene rings is 1. The molecule has 3 heterocycles. The molecule has 108 valence electrons.